The molecule has 1 amide bonds. The largest absolute Gasteiger partial charge is 0.504 e. The lowest BCUT2D eigenvalue weighted by Crippen LogP contribution is -2.31. The maximum absolute atomic E-state index is 12.4. The summed E-state index contributed by atoms with van der Waals surface area (Å²) in [6, 6.07) is 19.9. The molecular weight excluding hydrogens is 452 g/mol. The molecule has 3 aromatic carbocycles. The van der Waals surface area contributed by atoms with Crippen LogP contribution in [0.1, 0.15) is 29.7 Å². The molecule has 0 fully saturated rings. The van der Waals surface area contributed by atoms with Gasteiger partial charge in [0, 0.05) is 11.1 Å². The molecule has 35 heavy (non-hydrogen) atoms. The SMILES string of the molecule is CCOc1cc(C(Oc2ccc(C(=N)NC(=O)OCc3ccccc3)cc2)C(=O)OC)ccc1O. The number of amides is 1. The van der Waals surface area contributed by atoms with Crippen LogP contribution in [0.25, 0.3) is 0 Å². The number of phenols is 1. The van der Waals surface area contributed by atoms with Crippen LogP contribution in [-0.2, 0) is 20.9 Å². The highest BCUT2D eigenvalue weighted by Crippen LogP contribution is 2.32. The highest BCUT2D eigenvalue weighted by molar-refractivity contribution is 6.04. The van der Waals surface area contributed by atoms with Crippen molar-refractivity contribution in [1.82, 2.24) is 5.32 Å². The second-order valence-corrected chi connectivity index (χ2v) is 7.27. The average Bonchev–Trinajstić information content (AvgIpc) is 2.88. The van der Waals surface area contributed by atoms with Gasteiger partial charge < -0.3 is 24.1 Å². The Kier molecular flexibility index (Phi) is 8.66. The van der Waals surface area contributed by atoms with Crippen molar-refractivity contribution in [2.45, 2.75) is 19.6 Å². The molecule has 0 aromatic heterocycles. The molecule has 0 spiro atoms. The maximum Gasteiger partial charge on any atom is 0.413 e. The van der Waals surface area contributed by atoms with E-state index in [0.717, 1.165) is 5.56 Å². The Morgan fingerprint density at radius 2 is 1.74 bits per heavy atom. The molecule has 9 nitrogen and oxygen atoms in total. The molecular formula is C26H26N2O7. The number of carbonyl (C=O) groups is 2. The smallest absolute Gasteiger partial charge is 0.413 e. The van der Waals surface area contributed by atoms with Crippen molar-refractivity contribution in [1.29, 1.82) is 5.41 Å². The first kappa shape index (κ1) is 25.1. The predicted molar refractivity (Wildman–Crippen MR) is 128 cm³/mol. The molecule has 0 aliphatic carbocycles. The van der Waals surface area contributed by atoms with Crippen LogP contribution in [0.5, 0.6) is 17.2 Å². The van der Waals surface area contributed by atoms with Crippen molar-refractivity contribution < 1.29 is 33.6 Å². The van der Waals surface area contributed by atoms with E-state index in [1.807, 2.05) is 30.3 Å². The Balaban J connectivity index is 1.65. The van der Waals surface area contributed by atoms with Crippen LogP contribution in [0.2, 0.25) is 0 Å². The van der Waals surface area contributed by atoms with Gasteiger partial charge in [-0.1, -0.05) is 36.4 Å². The summed E-state index contributed by atoms with van der Waals surface area (Å²) >= 11 is 0. The van der Waals surface area contributed by atoms with Gasteiger partial charge in [0.2, 0.25) is 6.10 Å². The second-order valence-electron chi connectivity index (χ2n) is 7.27. The molecule has 0 aliphatic rings. The molecule has 0 bridgehead atoms. The van der Waals surface area contributed by atoms with Crippen LogP contribution in [0.4, 0.5) is 4.79 Å². The third kappa shape index (κ3) is 6.97. The van der Waals surface area contributed by atoms with Crippen molar-refractivity contribution >= 4 is 17.9 Å². The highest BCUT2D eigenvalue weighted by Gasteiger charge is 2.25. The zero-order chi connectivity index (χ0) is 25.2. The number of esters is 1. The van der Waals surface area contributed by atoms with Crippen molar-refractivity contribution in [2.75, 3.05) is 13.7 Å². The number of phenolic OH excluding ortho intramolecular Hbond substituents is 1. The van der Waals surface area contributed by atoms with Crippen LogP contribution < -0.4 is 14.8 Å². The Morgan fingerprint density at radius 3 is 2.40 bits per heavy atom. The first-order valence-electron chi connectivity index (χ1n) is 10.8. The van der Waals surface area contributed by atoms with Gasteiger partial charge in [0.15, 0.2) is 11.5 Å². The molecule has 182 valence electrons. The standard InChI is InChI=1S/C26H26N2O7/c1-3-33-22-15-19(11-14-21(22)29)23(25(30)32-2)35-20-12-9-18(10-13-20)24(27)28-26(31)34-16-17-7-5-4-6-8-17/h4-15,23,29H,3,16H2,1-2H3,(H2,27,28,31). The minimum absolute atomic E-state index is 0.0584. The summed E-state index contributed by atoms with van der Waals surface area (Å²) in [6.07, 6.45) is -1.86. The van der Waals surface area contributed by atoms with Gasteiger partial charge in [0.05, 0.1) is 13.7 Å². The molecule has 1 atom stereocenters. The van der Waals surface area contributed by atoms with E-state index < -0.39 is 18.2 Å². The van der Waals surface area contributed by atoms with Gasteiger partial charge in [-0.25, -0.2) is 9.59 Å². The summed E-state index contributed by atoms with van der Waals surface area (Å²) in [7, 11) is 1.25. The zero-order valence-electron chi connectivity index (χ0n) is 19.3. The number of nitrogens with one attached hydrogen (secondary N) is 2. The van der Waals surface area contributed by atoms with E-state index in [1.54, 1.807) is 31.2 Å². The van der Waals surface area contributed by atoms with E-state index >= 15 is 0 Å². The number of methoxy groups -OCH3 is 1. The average molecular weight is 479 g/mol. The number of hydrogen-bond donors (Lipinski definition) is 3. The van der Waals surface area contributed by atoms with E-state index in [1.165, 1.54) is 25.3 Å². The van der Waals surface area contributed by atoms with E-state index in [9.17, 15) is 14.7 Å². The first-order chi connectivity index (χ1) is 16.9. The fourth-order valence-corrected chi connectivity index (χ4v) is 3.09. The molecule has 0 saturated heterocycles. The molecule has 0 saturated carbocycles. The number of alkyl carbamates (subject to hydrolysis) is 1. The van der Waals surface area contributed by atoms with Gasteiger partial charge in [-0.3, -0.25) is 10.7 Å². The summed E-state index contributed by atoms with van der Waals surface area (Å²) in [5.41, 5.74) is 1.67. The monoisotopic (exact) mass is 478 g/mol. The van der Waals surface area contributed by atoms with Gasteiger partial charge in [-0.2, -0.15) is 0 Å². The first-order valence-corrected chi connectivity index (χ1v) is 10.8. The topological polar surface area (TPSA) is 127 Å². The van der Waals surface area contributed by atoms with Gasteiger partial charge in [-0.05, 0) is 48.9 Å². The Labute approximate surface area is 202 Å². The molecule has 3 rings (SSSR count). The highest BCUT2D eigenvalue weighted by atomic mass is 16.6. The number of hydrogen-bond acceptors (Lipinski definition) is 8. The molecule has 0 heterocycles. The third-order valence-electron chi connectivity index (χ3n) is 4.84. The Morgan fingerprint density at radius 1 is 1.03 bits per heavy atom. The van der Waals surface area contributed by atoms with Crippen molar-refractivity contribution in [3.63, 3.8) is 0 Å². The lowest BCUT2D eigenvalue weighted by Gasteiger charge is -2.19. The minimum Gasteiger partial charge on any atom is -0.504 e. The normalized spacial score (nSPS) is 11.1. The molecule has 9 heteroatoms. The molecule has 1 unspecified atom stereocenters. The van der Waals surface area contributed by atoms with E-state index in [-0.39, 0.29) is 23.9 Å². The summed E-state index contributed by atoms with van der Waals surface area (Å²) in [5, 5.41) is 20.4. The lowest BCUT2D eigenvalue weighted by molar-refractivity contribution is -0.149. The minimum atomic E-state index is -1.11. The number of aromatic hydroxyl groups is 1. The fourth-order valence-electron chi connectivity index (χ4n) is 3.09. The van der Waals surface area contributed by atoms with Crippen LogP contribution in [0.3, 0.4) is 0 Å². The van der Waals surface area contributed by atoms with Crippen molar-refractivity contribution in [3.8, 4) is 17.2 Å². The van der Waals surface area contributed by atoms with Crippen LogP contribution in [0.15, 0.2) is 72.8 Å². The van der Waals surface area contributed by atoms with Crippen molar-refractivity contribution in [3.05, 3.63) is 89.5 Å². The Bertz CT molecular complexity index is 1160. The van der Waals surface area contributed by atoms with Gasteiger partial charge in [-0.15, -0.1) is 0 Å². The van der Waals surface area contributed by atoms with Gasteiger partial charge >= 0.3 is 12.1 Å². The van der Waals surface area contributed by atoms with E-state index in [4.69, 9.17) is 24.4 Å². The van der Waals surface area contributed by atoms with Gasteiger partial charge in [0.1, 0.15) is 18.2 Å². The quantitative estimate of drug-likeness (QED) is 0.237. The summed E-state index contributed by atoms with van der Waals surface area (Å²) in [6.45, 7) is 2.20. The molecule has 0 radical (unpaired) electrons. The number of ether oxygens (including phenoxy) is 4. The molecule has 3 aromatic rings. The summed E-state index contributed by atoms with van der Waals surface area (Å²) in [4.78, 5) is 24.4. The lowest BCUT2D eigenvalue weighted by atomic mass is 10.1. The Hall–Kier alpha value is -4.53. The third-order valence-corrected chi connectivity index (χ3v) is 4.84. The summed E-state index contributed by atoms with van der Waals surface area (Å²) in [5.74, 6) is -0.306. The molecule has 3 N–H and O–H groups in total. The number of carbonyl (C=O) groups excluding carboxylic acids is 2. The van der Waals surface area contributed by atoms with E-state index in [2.05, 4.69) is 5.32 Å². The van der Waals surface area contributed by atoms with Gasteiger partial charge in [0.25, 0.3) is 0 Å². The number of benzene rings is 3. The van der Waals surface area contributed by atoms with Crippen LogP contribution in [0, 0.1) is 5.41 Å². The predicted octanol–water partition coefficient (Wildman–Crippen LogP) is 4.34. The van der Waals surface area contributed by atoms with Crippen molar-refractivity contribution in [2.24, 2.45) is 0 Å². The summed E-state index contributed by atoms with van der Waals surface area (Å²) < 4.78 is 21.2. The maximum atomic E-state index is 12.4. The number of rotatable bonds is 9. The van der Waals surface area contributed by atoms with E-state index in [0.29, 0.717) is 23.5 Å². The number of amidine groups is 1. The second kappa shape index (κ2) is 12.1. The van der Waals surface area contributed by atoms with Crippen LogP contribution in [-0.4, -0.2) is 36.7 Å². The zero-order valence-corrected chi connectivity index (χ0v) is 19.3. The molecule has 0 aliphatic heterocycles. The van der Waals surface area contributed by atoms with Crippen LogP contribution >= 0.6 is 0 Å². The fraction of sp³-hybridized carbons (Fsp3) is 0.192.